The zero-order valence-electron chi connectivity index (χ0n) is 13.5. The van der Waals surface area contributed by atoms with Crippen molar-refractivity contribution in [1.29, 1.82) is 0 Å². The summed E-state index contributed by atoms with van der Waals surface area (Å²) in [6.45, 7) is 2.29. The Bertz CT molecular complexity index is 789. The summed E-state index contributed by atoms with van der Waals surface area (Å²) in [6, 6.07) is 2.85. The number of nitrogens with one attached hydrogen (secondary N) is 3. The SMILES string of the molecule is CCNC(=O)Nc1ccc(-c2nc(C(N)=O)c(C(=O)NOC)s2)cn1. The highest BCUT2D eigenvalue weighted by Gasteiger charge is 2.22. The van der Waals surface area contributed by atoms with Gasteiger partial charge >= 0.3 is 6.03 Å². The van der Waals surface area contributed by atoms with Crippen molar-refractivity contribution in [2.45, 2.75) is 6.92 Å². The molecule has 25 heavy (non-hydrogen) atoms. The summed E-state index contributed by atoms with van der Waals surface area (Å²) in [7, 11) is 1.27. The van der Waals surface area contributed by atoms with Gasteiger partial charge < -0.3 is 11.1 Å². The molecule has 10 nitrogen and oxygen atoms in total. The number of hydrogen-bond donors (Lipinski definition) is 4. The molecule has 2 rings (SSSR count). The molecule has 4 amide bonds. The summed E-state index contributed by atoms with van der Waals surface area (Å²) in [5, 5.41) is 5.52. The molecule has 0 atom stereocenters. The van der Waals surface area contributed by atoms with Crippen molar-refractivity contribution >= 4 is 35.0 Å². The van der Waals surface area contributed by atoms with Crippen LogP contribution in [0.1, 0.15) is 27.1 Å². The molecule has 0 fully saturated rings. The van der Waals surface area contributed by atoms with Crippen molar-refractivity contribution in [1.82, 2.24) is 20.8 Å². The number of hydrogen-bond acceptors (Lipinski definition) is 7. The molecule has 132 valence electrons. The third kappa shape index (κ3) is 4.49. The molecule has 5 N–H and O–H groups in total. The summed E-state index contributed by atoms with van der Waals surface area (Å²) in [5.74, 6) is -1.10. The van der Waals surface area contributed by atoms with Gasteiger partial charge in [0.1, 0.15) is 15.7 Å². The monoisotopic (exact) mass is 364 g/mol. The van der Waals surface area contributed by atoms with Crippen LogP contribution in [0.2, 0.25) is 0 Å². The summed E-state index contributed by atoms with van der Waals surface area (Å²) < 4.78 is 0. The number of aromatic nitrogens is 2. The Balaban J connectivity index is 2.26. The van der Waals surface area contributed by atoms with Gasteiger partial charge in [0.15, 0.2) is 5.69 Å². The van der Waals surface area contributed by atoms with Crippen LogP contribution >= 0.6 is 11.3 Å². The number of primary amides is 1. The molecule has 0 aliphatic heterocycles. The van der Waals surface area contributed by atoms with Gasteiger partial charge in [0.25, 0.3) is 11.8 Å². The van der Waals surface area contributed by atoms with Crippen molar-refractivity contribution in [3.8, 4) is 10.6 Å². The minimum absolute atomic E-state index is 0.0360. The molecule has 0 unspecified atom stereocenters. The lowest BCUT2D eigenvalue weighted by atomic mass is 10.3. The first-order chi connectivity index (χ1) is 12.0. The Morgan fingerprint density at radius 1 is 1.32 bits per heavy atom. The Morgan fingerprint density at radius 3 is 2.64 bits per heavy atom. The Morgan fingerprint density at radius 2 is 2.08 bits per heavy atom. The Hall–Kier alpha value is -3.05. The molecule has 0 bridgehead atoms. The van der Waals surface area contributed by atoms with E-state index in [-0.39, 0.29) is 16.6 Å². The van der Waals surface area contributed by atoms with Crippen molar-refractivity contribution in [2.75, 3.05) is 19.0 Å². The Kier molecular flexibility index (Phi) is 5.98. The number of hydroxylamine groups is 1. The lowest BCUT2D eigenvalue weighted by Gasteiger charge is -2.05. The van der Waals surface area contributed by atoms with E-state index < -0.39 is 11.8 Å². The number of nitrogens with zero attached hydrogens (tertiary/aromatic N) is 2. The maximum atomic E-state index is 11.9. The van der Waals surface area contributed by atoms with Crippen LogP contribution in [-0.4, -0.2) is 41.5 Å². The van der Waals surface area contributed by atoms with Crippen molar-refractivity contribution in [2.24, 2.45) is 5.73 Å². The zero-order valence-corrected chi connectivity index (χ0v) is 14.3. The van der Waals surface area contributed by atoms with Gasteiger partial charge in [0, 0.05) is 18.3 Å². The number of anilines is 1. The third-order valence-corrected chi connectivity index (χ3v) is 3.95. The fraction of sp³-hybridized carbons (Fsp3) is 0.214. The predicted molar refractivity (Wildman–Crippen MR) is 91.0 cm³/mol. The van der Waals surface area contributed by atoms with E-state index >= 15 is 0 Å². The lowest BCUT2D eigenvalue weighted by Crippen LogP contribution is -2.28. The number of amides is 4. The van der Waals surface area contributed by atoms with E-state index in [1.54, 1.807) is 19.1 Å². The number of rotatable bonds is 6. The molecule has 0 saturated carbocycles. The molecule has 0 aliphatic rings. The third-order valence-electron chi connectivity index (χ3n) is 2.85. The highest BCUT2D eigenvalue weighted by Crippen LogP contribution is 2.28. The predicted octanol–water partition coefficient (Wildman–Crippen LogP) is 0.737. The highest BCUT2D eigenvalue weighted by molar-refractivity contribution is 7.17. The number of urea groups is 1. The molecular formula is C14H16N6O4S. The fourth-order valence-electron chi connectivity index (χ4n) is 1.82. The quantitative estimate of drug-likeness (QED) is 0.556. The minimum atomic E-state index is -0.828. The average Bonchev–Trinajstić information content (AvgIpc) is 3.01. The van der Waals surface area contributed by atoms with E-state index in [1.165, 1.54) is 13.3 Å². The van der Waals surface area contributed by atoms with Crippen LogP contribution in [-0.2, 0) is 4.84 Å². The van der Waals surface area contributed by atoms with Crippen LogP contribution in [0.25, 0.3) is 10.6 Å². The smallest absolute Gasteiger partial charge is 0.320 e. The molecular weight excluding hydrogens is 348 g/mol. The molecule has 2 aromatic rings. The zero-order chi connectivity index (χ0) is 18.4. The first-order valence-corrected chi connectivity index (χ1v) is 7.93. The number of carbonyl (C=O) groups excluding carboxylic acids is 3. The second-order valence-corrected chi connectivity index (χ2v) is 5.61. The van der Waals surface area contributed by atoms with Gasteiger partial charge in [-0.15, -0.1) is 11.3 Å². The highest BCUT2D eigenvalue weighted by atomic mass is 32.1. The topological polar surface area (TPSA) is 148 Å². The molecule has 2 heterocycles. The summed E-state index contributed by atoms with van der Waals surface area (Å²) in [4.78, 5) is 47.6. The largest absolute Gasteiger partial charge is 0.364 e. The van der Waals surface area contributed by atoms with E-state index in [0.717, 1.165) is 11.3 Å². The maximum absolute atomic E-state index is 11.9. The normalized spacial score (nSPS) is 10.2. The molecule has 0 aromatic carbocycles. The van der Waals surface area contributed by atoms with Crippen LogP contribution in [0.4, 0.5) is 10.6 Å². The summed E-state index contributed by atoms with van der Waals surface area (Å²) in [5.41, 5.74) is 7.79. The first kappa shape index (κ1) is 18.3. The van der Waals surface area contributed by atoms with Gasteiger partial charge in [-0.25, -0.2) is 20.2 Å². The van der Waals surface area contributed by atoms with Crippen LogP contribution in [0, 0.1) is 0 Å². The second-order valence-electron chi connectivity index (χ2n) is 4.61. The van der Waals surface area contributed by atoms with Gasteiger partial charge in [-0.05, 0) is 19.1 Å². The van der Waals surface area contributed by atoms with Crippen molar-refractivity contribution in [3.63, 3.8) is 0 Å². The summed E-state index contributed by atoms with van der Waals surface area (Å²) in [6.07, 6.45) is 1.46. The van der Waals surface area contributed by atoms with Gasteiger partial charge in [0.2, 0.25) is 0 Å². The van der Waals surface area contributed by atoms with Gasteiger partial charge in [-0.3, -0.25) is 19.7 Å². The molecule has 0 saturated heterocycles. The minimum Gasteiger partial charge on any atom is -0.364 e. The lowest BCUT2D eigenvalue weighted by molar-refractivity contribution is 0.0539. The van der Waals surface area contributed by atoms with E-state index in [9.17, 15) is 14.4 Å². The van der Waals surface area contributed by atoms with E-state index in [4.69, 9.17) is 5.73 Å². The fourth-order valence-corrected chi connectivity index (χ4v) is 2.77. The number of thiazole rings is 1. The standard InChI is InChI=1S/C14H16N6O4S/c1-3-16-14(23)18-8-5-4-7(6-17-8)13-19-9(11(15)21)10(25-13)12(22)20-24-2/h4-6H,3H2,1-2H3,(H2,15,21)(H,20,22)(H2,16,17,18,23). The van der Waals surface area contributed by atoms with Crippen molar-refractivity contribution < 1.29 is 19.2 Å². The molecule has 2 aromatic heterocycles. The first-order valence-electron chi connectivity index (χ1n) is 7.11. The van der Waals surface area contributed by atoms with Crippen LogP contribution in [0.5, 0.6) is 0 Å². The molecule has 0 radical (unpaired) electrons. The average molecular weight is 364 g/mol. The van der Waals surface area contributed by atoms with Gasteiger partial charge in [0.05, 0.1) is 7.11 Å². The second kappa shape index (κ2) is 8.17. The van der Waals surface area contributed by atoms with Crippen molar-refractivity contribution in [3.05, 3.63) is 28.9 Å². The molecule has 11 heteroatoms. The van der Waals surface area contributed by atoms with E-state index in [2.05, 4.69) is 30.9 Å². The van der Waals surface area contributed by atoms with Crippen LogP contribution < -0.4 is 21.8 Å². The van der Waals surface area contributed by atoms with Crippen LogP contribution in [0.3, 0.4) is 0 Å². The Labute approximate surface area is 146 Å². The maximum Gasteiger partial charge on any atom is 0.320 e. The van der Waals surface area contributed by atoms with E-state index in [1.807, 2.05) is 0 Å². The number of carbonyl (C=O) groups is 3. The van der Waals surface area contributed by atoms with E-state index in [0.29, 0.717) is 22.9 Å². The molecule has 0 aliphatic carbocycles. The summed E-state index contributed by atoms with van der Waals surface area (Å²) >= 11 is 0.973. The number of pyridine rings is 1. The molecule has 0 spiro atoms. The van der Waals surface area contributed by atoms with Gasteiger partial charge in [-0.2, -0.15) is 0 Å². The van der Waals surface area contributed by atoms with Gasteiger partial charge in [-0.1, -0.05) is 0 Å². The van der Waals surface area contributed by atoms with Crippen LogP contribution in [0.15, 0.2) is 18.3 Å². The number of nitrogens with two attached hydrogens (primary N) is 1.